The summed E-state index contributed by atoms with van der Waals surface area (Å²) in [4.78, 5) is 25.2. The van der Waals surface area contributed by atoms with Gasteiger partial charge >= 0.3 is 5.97 Å². The molecule has 122 valence electrons. The summed E-state index contributed by atoms with van der Waals surface area (Å²) in [6.45, 7) is 4.31. The van der Waals surface area contributed by atoms with Gasteiger partial charge in [0.25, 0.3) is 0 Å². The van der Waals surface area contributed by atoms with Gasteiger partial charge in [0.15, 0.2) is 5.16 Å². The van der Waals surface area contributed by atoms with Crippen molar-refractivity contribution in [2.24, 2.45) is 0 Å². The Balaban J connectivity index is 2.04. The number of rotatable bonds is 5. The van der Waals surface area contributed by atoms with Crippen molar-refractivity contribution < 1.29 is 14.6 Å². The van der Waals surface area contributed by atoms with Crippen molar-refractivity contribution in [1.82, 2.24) is 15.0 Å². The minimum atomic E-state index is -0.977. The number of ether oxygens (including phenoxy) is 1. The fraction of sp³-hybridized carbons (Fsp3) is 0.176. The van der Waals surface area contributed by atoms with Crippen LogP contribution < -0.4 is 4.74 Å². The van der Waals surface area contributed by atoms with Crippen molar-refractivity contribution in [3.8, 4) is 5.88 Å². The Labute approximate surface area is 142 Å². The third-order valence-electron chi connectivity index (χ3n) is 3.35. The van der Waals surface area contributed by atoms with Crippen LogP contribution in [0.15, 0.2) is 46.7 Å². The van der Waals surface area contributed by atoms with Gasteiger partial charge in [-0.05, 0) is 43.8 Å². The number of fused-ring (bicyclic) bond motifs is 1. The van der Waals surface area contributed by atoms with E-state index in [9.17, 15) is 9.90 Å². The van der Waals surface area contributed by atoms with E-state index in [1.807, 2.05) is 13.8 Å². The summed E-state index contributed by atoms with van der Waals surface area (Å²) in [7, 11) is 0. The van der Waals surface area contributed by atoms with Crippen LogP contribution in [0, 0.1) is 6.92 Å². The summed E-state index contributed by atoms with van der Waals surface area (Å²) in [6, 6.07) is 6.77. The standard InChI is InChI=1S/C17H15N3O3S/c1-3-23-15-10(2)9-19-17(20-15)24-13-7-6-12(16(21)22)11-5-4-8-18-14(11)13/h4-9H,3H2,1-2H3,(H,21,22). The Morgan fingerprint density at radius 1 is 1.29 bits per heavy atom. The molecule has 0 aliphatic rings. The highest BCUT2D eigenvalue weighted by molar-refractivity contribution is 7.99. The summed E-state index contributed by atoms with van der Waals surface area (Å²) < 4.78 is 5.50. The van der Waals surface area contributed by atoms with Gasteiger partial charge in [0, 0.05) is 28.2 Å². The zero-order valence-electron chi connectivity index (χ0n) is 13.2. The van der Waals surface area contributed by atoms with Gasteiger partial charge in [0.05, 0.1) is 17.7 Å². The van der Waals surface area contributed by atoms with Crippen molar-refractivity contribution in [3.63, 3.8) is 0 Å². The molecule has 0 bridgehead atoms. The number of carboxylic acid groups (broad SMARTS) is 1. The summed E-state index contributed by atoms with van der Waals surface area (Å²) in [6.07, 6.45) is 3.35. The number of hydrogen-bond acceptors (Lipinski definition) is 6. The smallest absolute Gasteiger partial charge is 0.336 e. The van der Waals surface area contributed by atoms with Gasteiger partial charge in [-0.3, -0.25) is 4.98 Å². The van der Waals surface area contributed by atoms with E-state index in [0.717, 1.165) is 10.5 Å². The third kappa shape index (κ3) is 3.16. The molecule has 7 heteroatoms. The van der Waals surface area contributed by atoms with Gasteiger partial charge < -0.3 is 9.84 Å². The molecule has 0 spiro atoms. The van der Waals surface area contributed by atoms with Gasteiger partial charge in [-0.15, -0.1) is 0 Å². The number of carboxylic acids is 1. The molecule has 1 N–H and O–H groups in total. The monoisotopic (exact) mass is 341 g/mol. The number of aromatic nitrogens is 3. The molecule has 0 amide bonds. The largest absolute Gasteiger partial charge is 0.478 e. The second kappa shape index (κ2) is 6.84. The lowest BCUT2D eigenvalue weighted by Crippen LogP contribution is -2.00. The van der Waals surface area contributed by atoms with Crippen LogP contribution in [0.3, 0.4) is 0 Å². The van der Waals surface area contributed by atoms with Crippen LogP contribution in [0.5, 0.6) is 5.88 Å². The molecule has 0 saturated heterocycles. The molecule has 3 rings (SSSR count). The molecule has 0 aliphatic heterocycles. The first-order valence-corrected chi connectivity index (χ1v) is 8.17. The van der Waals surface area contributed by atoms with E-state index in [1.165, 1.54) is 11.8 Å². The van der Waals surface area contributed by atoms with Crippen LogP contribution in [0.1, 0.15) is 22.8 Å². The van der Waals surface area contributed by atoms with E-state index in [-0.39, 0.29) is 5.56 Å². The first-order chi connectivity index (χ1) is 11.6. The zero-order valence-corrected chi connectivity index (χ0v) is 14.0. The molecular weight excluding hydrogens is 326 g/mol. The van der Waals surface area contributed by atoms with Crippen molar-refractivity contribution in [2.75, 3.05) is 6.61 Å². The van der Waals surface area contributed by atoms with Crippen molar-refractivity contribution in [1.29, 1.82) is 0 Å². The van der Waals surface area contributed by atoms with E-state index < -0.39 is 5.97 Å². The first kappa shape index (κ1) is 16.2. The number of carbonyl (C=O) groups is 1. The molecule has 0 atom stereocenters. The summed E-state index contributed by atoms with van der Waals surface area (Å²) in [5.74, 6) is -0.427. The molecule has 24 heavy (non-hydrogen) atoms. The second-order valence-electron chi connectivity index (χ2n) is 4.99. The minimum Gasteiger partial charge on any atom is -0.478 e. The Bertz CT molecular complexity index is 915. The Morgan fingerprint density at radius 3 is 2.88 bits per heavy atom. The molecule has 0 aliphatic carbocycles. The molecule has 3 aromatic rings. The number of benzene rings is 1. The highest BCUT2D eigenvalue weighted by Gasteiger charge is 2.14. The minimum absolute atomic E-state index is 0.224. The van der Waals surface area contributed by atoms with E-state index in [0.29, 0.717) is 28.5 Å². The van der Waals surface area contributed by atoms with Gasteiger partial charge in [-0.2, -0.15) is 4.98 Å². The molecule has 2 aromatic heterocycles. The quantitative estimate of drug-likeness (QED) is 0.710. The Morgan fingerprint density at radius 2 is 2.12 bits per heavy atom. The Kier molecular flexibility index (Phi) is 4.61. The number of nitrogens with zero attached hydrogens (tertiary/aromatic N) is 3. The Hall–Kier alpha value is -2.67. The molecular formula is C17H15N3O3S. The van der Waals surface area contributed by atoms with Crippen molar-refractivity contribution >= 4 is 28.6 Å². The van der Waals surface area contributed by atoms with Gasteiger partial charge in [0.1, 0.15) is 0 Å². The molecule has 0 radical (unpaired) electrons. The van der Waals surface area contributed by atoms with Gasteiger partial charge in [-0.25, -0.2) is 9.78 Å². The fourth-order valence-electron chi connectivity index (χ4n) is 2.26. The van der Waals surface area contributed by atoms with E-state index >= 15 is 0 Å². The average molecular weight is 341 g/mol. The van der Waals surface area contributed by atoms with Gasteiger partial charge in [0.2, 0.25) is 5.88 Å². The lowest BCUT2D eigenvalue weighted by molar-refractivity contribution is 0.0699. The molecule has 0 fully saturated rings. The van der Waals surface area contributed by atoms with E-state index in [4.69, 9.17) is 4.74 Å². The molecule has 6 nitrogen and oxygen atoms in total. The molecule has 0 unspecified atom stereocenters. The van der Waals surface area contributed by atoms with Crippen LogP contribution in [0.2, 0.25) is 0 Å². The third-order valence-corrected chi connectivity index (χ3v) is 4.28. The first-order valence-electron chi connectivity index (χ1n) is 7.35. The molecule has 0 saturated carbocycles. The summed E-state index contributed by atoms with van der Waals surface area (Å²) >= 11 is 1.33. The van der Waals surface area contributed by atoms with Gasteiger partial charge in [-0.1, -0.05) is 6.07 Å². The fourth-order valence-corrected chi connectivity index (χ4v) is 3.08. The van der Waals surface area contributed by atoms with Crippen molar-refractivity contribution in [3.05, 3.63) is 47.8 Å². The number of aryl methyl sites for hydroxylation is 1. The maximum atomic E-state index is 11.4. The zero-order chi connectivity index (χ0) is 17.1. The highest BCUT2D eigenvalue weighted by atomic mass is 32.2. The van der Waals surface area contributed by atoms with Crippen LogP contribution in [-0.2, 0) is 0 Å². The maximum absolute atomic E-state index is 11.4. The predicted octanol–water partition coefficient (Wildman–Crippen LogP) is 3.58. The second-order valence-corrected chi connectivity index (χ2v) is 6.00. The lowest BCUT2D eigenvalue weighted by atomic mass is 10.1. The van der Waals surface area contributed by atoms with E-state index in [2.05, 4.69) is 15.0 Å². The number of aromatic carboxylic acids is 1. The average Bonchev–Trinajstić information content (AvgIpc) is 2.58. The summed E-state index contributed by atoms with van der Waals surface area (Å²) in [5.41, 5.74) is 1.71. The normalized spacial score (nSPS) is 10.8. The van der Waals surface area contributed by atoms with E-state index in [1.54, 1.807) is 36.7 Å². The predicted molar refractivity (Wildman–Crippen MR) is 90.8 cm³/mol. The van der Waals surface area contributed by atoms with Crippen LogP contribution in [0.25, 0.3) is 10.9 Å². The van der Waals surface area contributed by atoms with Crippen molar-refractivity contribution in [2.45, 2.75) is 23.9 Å². The maximum Gasteiger partial charge on any atom is 0.336 e. The summed E-state index contributed by atoms with van der Waals surface area (Å²) in [5, 5.41) is 10.4. The SMILES string of the molecule is CCOc1nc(Sc2ccc(C(=O)O)c3cccnc23)ncc1C. The number of hydrogen-bond donors (Lipinski definition) is 1. The van der Waals surface area contributed by atoms with Crippen LogP contribution in [-0.4, -0.2) is 32.6 Å². The number of pyridine rings is 1. The lowest BCUT2D eigenvalue weighted by Gasteiger charge is -2.09. The molecule has 1 aromatic carbocycles. The van der Waals surface area contributed by atoms with Crippen LogP contribution in [0.4, 0.5) is 0 Å². The highest BCUT2D eigenvalue weighted by Crippen LogP contribution is 2.33. The molecule has 2 heterocycles. The van der Waals surface area contributed by atoms with Crippen LogP contribution >= 0.6 is 11.8 Å². The topological polar surface area (TPSA) is 85.2 Å².